The van der Waals surface area contributed by atoms with E-state index in [1.807, 2.05) is 0 Å². The second-order valence-electron chi connectivity index (χ2n) is 3.84. The van der Waals surface area contributed by atoms with Gasteiger partial charge in [0.2, 0.25) is 0 Å². The lowest BCUT2D eigenvalue weighted by Crippen LogP contribution is -1.94. The molecule has 0 fully saturated rings. The standard InChI is InChI=1S/2C7H6BrNO/c2*1-5(10)7-3-2-6(8)4-9-7/h2*2-4H,1H3. The summed E-state index contributed by atoms with van der Waals surface area (Å²) in [6, 6.07) is 6.96. The number of aromatic nitrogens is 2. The van der Waals surface area contributed by atoms with Crippen LogP contribution in [-0.4, -0.2) is 21.5 Å². The summed E-state index contributed by atoms with van der Waals surface area (Å²) < 4.78 is 1.77. The SMILES string of the molecule is CC(=O)c1ccc(Br)cn1.CC(=O)c1ccc(Br)cn1. The highest BCUT2D eigenvalue weighted by Crippen LogP contribution is 2.07. The maximum Gasteiger partial charge on any atom is 0.178 e. The predicted molar refractivity (Wildman–Crippen MR) is 83.9 cm³/mol. The van der Waals surface area contributed by atoms with E-state index in [2.05, 4.69) is 41.8 Å². The fourth-order valence-electron chi connectivity index (χ4n) is 1.17. The number of rotatable bonds is 2. The summed E-state index contributed by atoms with van der Waals surface area (Å²) in [6.07, 6.45) is 3.22. The fourth-order valence-corrected chi connectivity index (χ4v) is 1.64. The van der Waals surface area contributed by atoms with Gasteiger partial charge in [0, 0.05) is 35.2 Å². The Morgan fingerprint density at radius 2 is 1.15 bits per heavy atom. The van der Waals surface area contributed by atoms with E-state index in [1.165, 1.54) is 13.8 Å². The van der Waals surface area contributed by atoms with Crippen molar-refractivity contribution in [1.82, 2.24) is 9.97 Å². The molecule has 2 rings (SSSR count). The van der Waals surface area contributed by atoms with Gasteiger partial charge in [-0.1, -0.05) is 0 Å². The molecule has 6 heteroatoms. The summed E-state index contributed by atoms with van der Waals surface area (Å²) in [5.41, 5.74) is 1.01. The van der Waals surface area contributed by atoms with Crippen LogP contribution in [0.25, 0.3) is 0 Å². The number of ketones is 2. The number of carbonyl (C=O) groups excluding carboxylic acids is 2. The Morgan fingerprint density at radius 3 is 1.35 bits per heavy atom. The highest BCUT2D eigenvalue weighted by atomic mass is 79.9. The van der Waals surface area contributed by atoms with Crippen LogP contribution in [0.3, 0.4) is 0 Å². The van der Waals surface area contributed by atoms with Gasteiger partial charge in [0.25, 0.3) is 0 Å². The molecule has 0 amide bonds. The Morgan fingerprint density at radius 1 is 0.800 bits per heavy atom. The van der Waals surface area contributed by atoms with Gasteiger partial charge in [-0.05, 0) is 56.1 Å². The summed E-state index contributed by atoms with van der Waals surface area (Å²) in [6.45, 7) is 2.99. The van der Waals surface area contributed by atoms with Crippen molar-refractivity contribution in [3.63, 3.8) is 0 Å². The molecule has 20 heavy (non-hydrogen) atoms. The summed E-state index contributed by atoms with van der Waals surface area (Å²) in [4.78, 5) is 29.1. The van der Waals surface area contributed by atoms with Crippen molar-refractivity contribution in [2.24, 2.45) is 0 Å². The van der Waals surface area contributed by atoms with E-state index < -0.39 is 0 Å². The van der Waals surface area contributed by atoms with Crippen LogP contribution in [0.5, 0.6) is 0 Å². The molecule has 0 aliphatic heterocycles. The molecule has 0 unspecified atom stereocenters. The third-order valence-electron chi connectivity index (χ3n) is 2.18. The van der Waals surface area contributed by atoms with Gasteiger partial charge in [0.05, 0.1) is 0 Å². The molecule has 0 N–H and O–H groups in total. The number of halogens is 2. The minimum Gasteiger partial charge on any atom is -0.293 e. The monoisotopic (exact) mass is 398 g/mol. The van der Waals surface area contributed by atoms with E-state index in [4.69, 9.17) is 0 Å². The van der Waals surface area contributed by atoms with Crippen molar-refractivity contribution >= 4 is 43.4 Å². The molecule has 0 bridgehead atoms. The smallest absolute Gasteiger partial charge is 0.178 e. The van der Waals surface area contributed by atoms with E-state index in [1.54, 1.807) is 36.7 Å². The first-order chi connectivity index (χ1) is 9.40. The van der Waals surface area contributed by atoms with Gasteiger partial charge < -0.3 is 0 Å². The van der Waals surface area contributed by atoms with Crippen molar-refractivity contribution in [2.45, 2.75) is 13.8 Å². The lowest BCUT2D eigenvalue weighted by atomic mass is 10.3. The Balaban J connectivity index is 0.000000200. The Bertz CT molecular complexity index is 540. The molecule has 0 radical (unpaired) electrons. The van der Waals surface area contributed by atoms with Crippen molar-refractivity contribution in [2.75, 3.05) is 0 Å². The fraction of sp³-hybridized carbons (Fsp3) is 0.143. The van der Waals surface area contributed by atoms with Gasteiger partial charge in [0.1, 0.15) is 11.4 Å². The molecule has 0 spiro atoms. The van der Waals surface area contributed by atoms with Gasteiger partial charge in [-0.2, -0.15) is 0 Å². The third-order valence-corrected chi connectivity index (χ3v) is 3.11. The second-order valence-corrected chi connectivity index (χ2v) is 5.67. The molecule has 2 aromatic rings. The lowest BCUT2D eigenvalue weighted by molar-refractivity contribution is 0.100. The Labute approximate surface area is 133 Å². The number of carbonyl (C=O) groups is 2. The molecule has 104 valence electrons. The van der Waals surface area contributed by atoms with Crippen LogP contribution in [-0.2, 0) is 0 Å². The maximum absolute atomic E-state index is 10.7. The number of nitrogens with zero attached hydrogens (tertiary/aromatic N) is 2. The zero-order valence-electron chi connectivity index (χ0n) is 10.9. The second kappa shape index (κ2) is 8.01. The Hall–Kier alpha value is -1.40. The van der Waals surface area contributed by atoms with Crippen LogP contribution >= 0.6 is 31.9 Å². The molecule has 0 aliphatic carbocycles. The molecule has 0 saturated heterocycles. The largest absolute Gasteiger partial charge is 0.293 e. The molecule has 0 aliphatic rings. The topological polar surface area (TPSA) is 59.9 Å². The van der Waals surface area contributed by atoms with Crippen LogP contribution in [0, 0.1) is 0 Å². The van der Waals surface area contributed by atoms with Crippen molar-refractivity contribution in [1.29, 1.82) is 0 Å². The molecule has 0 saturated carbocycles. The van der Waals surface area contributed by atoms with E-state index in [9.17, 15) is 9.59 Å². The zero-order chi connectivity index (χ0) is 15.1. The average molecular weight is 400 g/mol. The first-order valence-corrected chi connectivity index (χ1v) is 7.23. The highest BCUT2D eigenvalue weighted by Gasteiger charge is 1.98. The minimum atomic E-state index is -0.00694. The van der Waals surface area contributed by atoms with Crippen molar-refractivity contribution in [3.8, 4) is 0 Å². The van der Waals surface area contributed by atoms with Gasteiger partial charge >= 0.3 is 0 Å². The van der Waals surface area contributed by atoms with E-state index in [0.29, 0.717) is 11.4 Å². The molecular weight excluding hydrogens is 388 g/mol. The van der Waals surface area contributed by atoms with Crippen LogP contribution < -0.4 is 0 Å². The van der Waals surface area contributed by atoms with Gasteiger partial charge in [-0.3, -0.25) is 19.6 Å². The number of Topliss-reactive ketones (excluding diaryl/α,β-unsaturated/α-hetero) is 2. The van der Waals surface area contributed by atoms with Crippen molar-refractivity contribution < 1.29 is 9.59 Å². The van der Waals surface area contributed by atoms with Gasteiger partial charge in [-0.15, -0.1) is 0 Å². The predicted octanol–water partition coefficient (Wildman–Crippen LogP) is 4.09. The minimum absolute atomic E-state index is 0.00694. The summed E-state index contributed by atoms with van der Waals surface area (Å²) in [7, 11) is 0. The molecule has 4 nitrogen and oxygen atoms in total. The highest BCUT2D eigenvalue weighted by molar-refractivity contribution is 9.10. The quantitative estimate of drug-likeness (QED) is 0.713. The first kappa shape index (κ1) is 16.7. The third kappa shape index (κ3) is 5.71. The first-order valence-electron chi connectivity index (χ1n) is 5.65. The summed E-state index contributed by atoms with van der Waals surface area (Å²) in [5, 5.41) is 0. The number of hydrogen-bond acceptors (Lipinski definition) is 4. The Kier molecular flexibility index (Phi) is 6.67. The van der Waals surface area contributed by atoms with Crippen molar-refractivity contribution in [3.05, 3.63) is 57.0 Å². The normalized spacial score (nSPS) is 9.40. The summed E-state index contributed by atoms with van der Waals surface area (Å²) in [5.74, 6) is -0.0139. The zero-order valence-corrected chi connectivity index (χ0v) is 14.1. The van der Waals surface area contributed by atoms with Crippen LogP contribution in [0.1, 0.15) is 34.8 Å². The van der Waals surface area contributed by atoms with Gasteiger partial charge in [-0.25, -0.2) is 0 Å². The van der Waals surface area contributed by atoms with Crippen LogP contribution in [0.2, 0.25) is 0 Å². The molecule has 0 atom stereocenters. The molecule has 2 aromatic heterocycles. The van der Waals surface area contributed by atoms with Crippen LogP contribution in [0.4, 0.5) is 0 Å². The van der Waals surface area contributed by atoms with Crippen LogP contribution in [0.15, 0.2) is 45.6 Å². The molecule has 0 aromatic carbocycles. The van der Waals surface area contributed by atoms with E-state index >= 15 is 0 Å². The van der Waals surface area contributed by atoms with E-state index in [-0.39, 0.29) is 11.6 Å². The molecule has 2 heterocycles. The number of pyridine rings is 2. The average Bonchev–Trinajstić information content (AvgIpc) is 2.40. The lowest BCUT2D eigenvalue weighted by Gasteiger charge is -1.92. The van der Waals surface area contributed by atoms with Gasteiger partial charge in [0.15, 0.2) is 11.6 Å². The summed E-state index contributed by atoms with van der Waals surface area (Å²) >= 11 is 6.44. The maximum atomic E-state index is 10.7. The van der Waals surface area contributed by atoms with E-state index in [0.717, 1.165) is 8.95 Å². The molecular formula is C14H12Br2N2O2. The number of hydrogen-bond donors (Lipinski definition) is 0.